The van der Waals surface area contributed by atoms with Crippen molar-refractivity contribution < 1.29 is 14.3 Å². The molecule has 3 aliphatic rings. The summed E-state index contributed by atoms with van der Waals surface area (Å²) < 4.78 is 11.9. The molecule has 2 N–H and O–H groups in total. The van der Waals surface area contributed by atoms with E-state index in [4.69, 9.17) is 9.47 Å². The third-order valence-electron chi connectivity index (χ3n) is 6.22. The first kappa shape index (κ1) is 20.6. The molecule has 1 atom stereocenters. The minimum Gasteiger partial charge on any atom is -0.498 e. The van der Waals surface area contributed by atoms with Crippen LogP contribution in [0.1, 0.15) is 49.0 Å². The number of hydrogen-bond donors (Lipinski definition) is 2. The fourth-order valence-corrected chi connectivity index (χ4v) is 4.63. The van der Waals surface area contributed by atoms with E-state index in [0.717, 1.165) is 65.6 Å². The minimum absolute atomic E-state index is 0.0370. The number of nitrogens with zero attached hydrogens (tertiary/aromatic N) is 3. The maximum Gasteiger partial charge on any atom is 0.192 e. The van der Waals surface area contributed by atoms with Gasteiger partial charge in [0, 0.05) is 23.2 Å². The van der Waals surface area contributed by atoms with Gasteiger partial charge in [-0.15, -0.1) is 0 Å². The number of nitrogens with one attached hydrogen (secondary N) is 2. The quantitative estimate of drug-likeness (QED) is 0.524. The van der Waals surface area contributed by atoms with Crippen LogP contribution in [0.25, 0.3) is 0 Å². The van der Waals surface area contributed by atoms with Crippen LogP contribution in [-0.4, -0.2) is 47.7 Å². The van der Waals surface area contributed by atoms with Gasteiger partial charge in [-0.05, 0) is 45.6 Å². The number of aromatic nitrogens is 2. The molecule has 8 heteroatoms. The predicted octanol–water partition coefficient (Wildman–Crippen LogP) is 3.76. The van der Waals surface area contributed by atoms with Crippen LogP contribution >= 0.6 is 0 Å². The first-order valence-electron chi connectivity index (χ1n) is 11.3. The smallest absolute Gasteiger partial charge is 0.192 e. The summed E-state index contributed by atoms with van der Waals surface area (Å²) >= 11 is 0. The standard InChI is InChI=1S/C24H29N5O3/c1-15(2)31-11-16-8-9-18-19(22(16)30)6-3-7-20(18)32-12-17-5-4-10-29(17)24-21-23(26-13-25-21)27-14-28-24/h3,6-7,11,14-15,17,25H,4-5,8-10,12-13H2,1-2H3,(H,26,27,28)/b16-11-/t17-/m1/s1. The molecule has 32 heavy (non-hydrogen) atoms. The molecule has 0 saturated carbocycles. The number of Topliss-reactive ketones (excluding diaryl/α,β-unsaturated/α-hetero) is 1. The molecule has 1 aromatic carbocycles. The van der Waals surface area contributed by atoms with Crippen LogP contribution in [0.15, 0.2) is 36.4 Å². The maximum absolute atomic E-state index is 12.9. The first-order chi connectivity index (χ1) is 15.6. The molecule has 2 aromatic rings. The Balaban J connectivity index is 1.32. The number of hydrogen-bond acceptors (Lipinski definition) is 8. The third kappa shape index (κ3) is 3.85. The molecule has 0 bridgehead atoms. The average Bonchev–Trinajstić information content (AvgIpc) is 3.46. The molecular formula is C24H29N5O3. The minimum atomic E-state index is 0.0370. The predicted molar refractivity (Wildman–Crippen MR) is 123 cm³/mol. The summed E-state index contributed by atoms with van der Waals surface area (Å²) in [5, 5.41) is 6.56. The average molecular weight is 436 g/mol. The highest BCUT2D eigenvalue weighted by atomic mass is 16.5. The van der Waals surface area contributed by atoms with Gasteiger partial charge in [-0.3, -0.25) is 4.79 Å². The molecule has 1 aliphatic carbocycles. The fraction of sp³-hybridized carbons (Fsp3) is 0.458. The Kier molecular flexibility index (Phi) is 5.59. The van der Waals surface area contributed by atoms with Crippen LogP contribution in [0.4, 0.5) is 17.3 Å². The van der Waals surface area contributed by atoms with E-state index in [-0.39, 0.29) is 17.9 Å². The van der Waals surface area contributed by atoms with Crippen molar-refractivity contribution in [2.75, 3.05) is 35.4 Å². The second kappa shape index (κ2) is 8.68. The summed E-state index contributed by atoms with van der Waals surface area (Å²) in [5.74, 6) is 2.62. The molecule has 1 saturated heterocycles. The molecule has 0 spiro atoms. The first-order valence-corrected chi connectivity index (χ1v) is 11.3. The summed E-state index contributed by atoms with van der Waals surface area (Å²) in [6, 6.07) is 5.98. The van der Waals surface area contributed by atoms with E-state index in [9.17, 15) is 4.79 Å². The lowest BCUT2D eigenvalue weighted by molar-refractivity contribution is 0.101. The normalized spacial score (nSPS) is 20.7. The van der Waals surface area contributed by atoms with Gasteiger partial charge in [-0.1, -0.05) is 12.1 Å². The zero-order valence-corrected chi connectivity index (χ0v) is 18.6. The molecular weight excluding hydrogens is 406 g/mol. The van der Waals surface area contributed by atoms with E-state index in [1.165, 1.54) is 0 Å². The van der Waals surface area contributed by atoms with Crippen molar-refractivity contribution in [2.45, 2.75) is 51.7 Å². The van der Waals surface area contributed by atoms with Gasteiger partial charge >= 0.3 is 0 Å². The Morgan fingerprint density at radius 3 is 3.03 bits per heavy atom. The third-order valence-corrected chi connectivity index (χ3v) is 6.22. The van der Waals surface area contributed by atoms with E-state index in [0.29, 0.717) is 19.7 Å². The van der Waals surface area contributed by atoms with Crippen LogP contribution in [0.3, 0.4) is 0 Å². The van der Waals surface area contributed by atoms with Gasteiger partial charge in [-0.2, -0.15) is 0 Å². The molecule has 2 aliphatic heterocycles. The lowest BCUT2D eigenvalue weighted by Gasteiger charge is -2.28. The number of anilines is 3. The Labute approximate surface area is 188 Å². The number of benzene rings is 1. The highest BCUT2D eigenvalue weighted by Gasteiger charge is 2.31. The number of carbonyl (C=O) groups is 1. The number of rotatable bonds is 6. The van der Waals surface area contributed by atoms with Gasteiger partial charge in [0.25, 0.3) is 0 Å². The molecule has 1 fully saturated rings. The zero-order chi connectivity index (χ0) is 22.1. The van der Waals surface area contributed by atoms with Crippen LogP contribution in [-0.2, 0) is 11.2 Å². The molecule has 8 nitrogen and oxygen atoms in total. The highest BCUT2D eigenvalue weighted by Crippen LogP contribution is 2.37. The molecule has 5 rings (SSSR count). The van der Waals surface area contributed by atoms with Crippen molar-refractivity contribution in [3.8, 4) is 5.75 Å². The summed E-state index contributed by atoms with van der Waals surface area (Å²) in [6.07, 6.45) is 6.87. The summed E-state index contributed by atoms with van der Waals surface area (Å²) in [6.45, 7) is 6.07. The van der Waals surface area contributed by atoms with Crippen LogP contribution in [0, 0.1) is 0 Å². The molecule has 3 heterocycles. The van der Waals surface area contributed by atoms with Crippen molar-refractivity contribution in [1.29, 1.82) is 0 Å². The van der Waals surface area contributed by atoms with Crippen molar-refractivity contribution in [3.63, 3.8) is 0 Å². The monoisotopic (exact) mass is 435 g/mol. The van der Waals surface area contributed by atoms with E-state index < -0.39 is 0 Å². The van der Waals surface area contributed by atoms with E-state index in [1.807, 2.05) is 32.0 Å². The second-order valence-corrected chi connectivity index (χ2v) is 8.69. The van der Waals surface area contributed by atoms with Crippen LogP contribution in [0.2, 0.25) is 0 Å². The Bertz CT molecular complexity index is 1050. The van der Waals surface area contributed by atoms with Crippen LogP contribution in [0.5, 0.6) is 5.75 Å². The Morgan fingerprint density at radius 1 is 1.25 bits per heavy atom. The number of carbonyl (C=O) groups excluding carboxylic acids is 1. The van der Waals surface area contributed by atoms with Crippen molar-refractivity contribution in [3.05, 3.63) is 47.5 Å². The van der Waals surface area contributed by atoms with Gasteiger partial charge in [-0.25, -0.2) is 9.97 Å². The Morgan fingerprint density at radius 2 is 2.16 bits per heavy atom. The largest absolute Gasteiger partial charge is 0.498 e. The van der Waals surface area contributed by atoms with Crippen molar-refractivity contribution in [2.24, 2.45) is 0 Å². The second-order valence-electron chi connectivity index (χ2n) is 8.69. The fourth-order valence-electron chi connectivity index (χ4n) is 4.63. The molecule has 0 radical (unpaired) electrons. The molecule has 0 unspecified atom stereocenters. The topological polar surface area (TPSA) is 88.6 Å². The lowest BCUT2D eigenvalue weighted by Crippen LogP contribution is -2.35. The van der Waals surface area contributed by atoms with E-state index >= 15 is 0 Å². The summed E-state index contributed by atoms with van der Waals surface area (Å²) in [7, 11) is 0. The zero-order valence-electron chi connectivity index (χ0n) is 18.6. The lowest BCUT2D eigenvalue weighted by atomic mass is 9.87. The van der Waals surface area contributed by atoms with Gasteiger partial charge in [0.15, 0.2) is 17.4 Å². The molecule has 1 aromatic heterocycles. The molecule has 0 amide bonds. The van der Waals surface area contributed by atoms with Crippen LogP contribution < -0.4 is 20.3 Å². The number of allylic oxidation sites excluding steroid dienone is 1. The Hall–Kier alpha value is -3.29. The van der Waals surface area contributed by atoms with Crippen molar-refractivity contribution in [1.82, 2.24) is 9.97 Å². The van der Waals surface area contributed by atoms with E-state index in [1.54, 1.807) is 12.6 Å². The highest BCUT2D eigenvalue weighted by molar-refractivity contribution is 6.11. The SMILES string of the molecule is CC(C)O/C=C1/CCc2c(OC[C@H]3CCCN3c3ncnc4c3NCN4)cccc2C1=O. The van der Waals surface area contributed by atoms with Gasteiger partial charge in [0.1, 0.15) is 24.4 Å². The van der Waals surface area contributed by atoms with Gasteiger partial charge in [0.2, 0.25) is 0 Å². The summed E-state index contributed by atoms with van der Waals surface area (Å²) in [4.78, 5) is 24.1. The van der Waals surface area contributed by atoms with Gasteiger partial charge in [0.05, 0.1) is 25.1 Å². The maximum atomic E-state index is 12.9. The molecule has 168 valence electrons. The number of fused-ring (bicyclic) bond motifs is 2. The number of ether oxygens (including phenoxy) is 2. The van der Waals surface area contributed by atoms with Crippen molar-refractivity contribution >= 4 is 23.1 Å². The summed E-state index contributed by atoms with van der Waals surface area (Å²) in [5.41, 5.74) is 3.41. The van der Waals surface area contributed by atoms with Gasteiger partial charge < -0.3 is 25.0 Å². The number of ketones is 1. The van der Waals surface area contributed by atoms with E-state index in [2.05, 4.69) is 25.5 Å².